The molecule has 2 heterocycles. The number of aryl methyl sites for hydroxylation is 1. The summed E-state index contributed by atoms with van der Waals surface area (Å²) in [5, 5.41) is 9.35. The van der Waals surface area contributed by atoms with Gasteiger partial charge >= 0.3 is 0 Å². The number of rotatable bonds is 3. The predicted octanol–water partition coefficient (Wildman–Crippen LogP) is 3.97. The summed E-state index contributed by atoms with van der Waals surface area (Å²) < 4.78 is 2.09. The van der Waals surface area contributed by atoms with E-state index in [1.807, 2.05) is 0 Å². The van der Waals surface area contributed by atoms with Crippen LogP contribution in [0, 0.1) is 13.8 Å². The van der Waals surface area contributed by atoms with Crippen LogP contribution in [-0.2, 0) is 0 Å². The van der Waals surface area contributed by atoms with E-state index in [-0.39, 0.29) is 0 Å². The van der Waals surface area contributed by atoms with Crippen molar-refractivity contribution in [3.05, 3.63) is 28.7 Å². The minimum absolute atomic E-state index is 0.458. The summed E-state index contributed by atoms with van der Waals surface area (Å²) in [6, 6.07) is 0. The Bertz CT molecular complexity index is 570. The van der Waals surface area contributed by atoms with Gasteiger partial charge in [-0.05, 0) is 25.8 Å². The van der Waals surface area contributed by atoms with Crippen LogP contribution in [0.1, 0.15) is 31.0 Å². The van der Waals surface area contributed by atoms with E-state index in [0.29, 0.717) is 5.15 Å². The largest absolute Gasteiger partial charge is 0.318 e. The van der Waals surface area contributed by atoms with E-state index in [2.05, 4.69) is 47.8 Å². The standard InChI is InChI=1S/C13H16ClN3/c1-4-5-6-7-17-10(3)9(2)11-8-15-16-13(14)12(11)17/h6-8H,4-5H2,1-3H3. The molecule has 0 saturated heterocycles. The number of nitrogens with zero attached hydrogens (tertiary/aromatic N) is 3. The van der Waals surface area contributed by atoms with Crippen molar-refractivity contribution >= 4 is 28.7 Å². The highest BCUT2D eigenvalue weighted by Gasteiger charge is 2.13. The molecule has 0 radical (unpaired) electrons. The smallest absolute Gasteiger partial charge is 0.176 e. The number of hydrogen-bond donors (Lipinski definition) is 0. The first-order valence-corrected chi connectivity index (χ1v) is 6.19. The minimum Gasteiger partial charge on any atom is -0.318 e. The molecule has 0 unspecified atom stereocenters. The lowest BCUT2D eigenvalue weighted by Crippen LogP contribution is -1.91. The number of hydrogen-bond acceptors (Lipinski definition) is 2. The average molecular weight is 250 g/mol. The van der Waals surface area contributed by atoms with Crippen molar-refractivity contribution in [2.24, 2.45) is 0 Å². The van der Waals surface area contributed by atoms with Gasteiger partial charge in [0.1, 0.15) is 0 Å². The molecule has 0 amide bonds. The normalized spacial score (nSPS) is 11.8. The first-order chi connectivity index (χ1) is 8.16. The van der Waals surface area contributed by atoms with Crippen molar-refractivity contribution in [2.45, 2.75) is 33.6 Å². The van der Waals surface area contributed by atoms with E-state index in [1.54, 1.807) is 6.20 Å². The van der Waals surface area contributed by atoms with Crippen molar-refractivity contribution in [1.82, 2.24) is 14.8 Å². The van der Waals surface area contributed by atoms with Gasteiger partial charge in [-0.3, -0.25) is 0 Å². The molecule has 0 aliphatic rings. The molecule has 0 fully saturated rings. The third-order valence-corrected chi connectivity index (χ3v) is 3.30. The molecule has 90 valence electrons. The Morgan fingerprint density at radius 2 is 2.18 bits per heavy atom. The topological polar surface area (TPSA) is 30.7 Å². The van der Waals surface area contributed by atoms with Gasteiger partial charge in [0.15, 0.2) is 5.15 Å². The predicted molar refractivity (Wildman–Crippen MR) is 72.3 cm³/mol. The molecule has 0 aromatic carbocycles. The number of fused-ring (bicyclic) bond motifs is 1. The molecule has 0 aliphatic carbocycles. The van der Waals surface area contributed by atoms with Crippen molar-refractivity contribution in [2.75, 3.05) is 0 Å². The van der Waals surface area contributed by atoms with Crippen LogP contribution in [0.4, 0.5) is 0 Å². The van der Waals surface area contributed by atoms with Gasteiger partial charge in [0.25, 0.3) is 0 Å². The van der Waals surface area contributed by atoms with Gasteiger partial charge in [0.05, 0.1) is 11.7 Å². The Labute approximate surface area is 106 Å². The lowest BCUT2D eigenvalue weighted by Gasteiger charge is -2.01. The van der Waals surface area contributed by atoms with Crippen LogP contribution < -0.4 is 0 Å². The summed E-state index contributed by atoms with van der Waals surface area (Å²) >= 11 is 6.13. The van der Waals surface area contributed by atoms with E-state index >= 15 is 0 Å². The van der Waals surface area contributed by atoms with E-state index in [4.69, 9.17) is 11.6 Å². The van der Waals surface area contributed by atoms with Gasteiger partial charge < -0.3 is 4.57 Å². The SMILES string of the molecule is CCCC=Cn1c(C)c(C)c2cnnc(Cl)c21. The molecule has 2 aromatic heterocycles. The van der Waals surface area contributed by atoms with Crippen molar-refractivity contribution < 1.29 is 0 Å². The summed E-state index contributed by atoms with van der Waals surface area (Å²) in [7, 11) is 0. The molecule has 0 aliphatic heterocycles. The molecule has 4 heteroatoms. The lowest BCUT2D eigenvalue weighted by molar-refractivity contribution is 0.954. The Morgan fingerprint density at radius 3 is 2.88 bits per heavy atom. The minimum atomic E-state index is 0.458. The summed E-state index contributed by atoms with van der Waals surface area (Å²) in [6.07, 6.45) is 8.20. The fourth-order valence-corrected chi connectivity index (χ4v) is 2.17. The van der Waals surface area contributed by atoms with E-state index in [1.165, 1.54) is 11.3 Å². The quantitative estimate of drug-likeness (QED) is 0.824. The molecule has 3 nitrogen and oxygen atoms in total. The molecule has 0 saturated carbocycles. The fraction of sp³-hybridized carbons (Fsp3) is 0.385. The van der Waals surface area contributed by atoms with Gasteiger partial charge in [-0.1, -0.05) is 31.0 Å². The Morgan fingerprint density at radius 1 is 1.41 bits per heavy atom. The molecule has 0 atom stereocenters. The first kappa shape index (κ1) is 12.1. The van der Waals surface area contributed by atoms with Crippen LogP contribution in [0.15, 0.2) is 12.3 Å². The third-order valence-electron chi connectivity index (χ3n) is 3.04. The second-order valence-corrected chi connectivity index (χ2v) is 4.51. The summed E-state index contributed by atoms with van der Waals surface area (Å²) in [4.78, 5) is 0. The van der Waals surface area contributed by atoms with Gasteiger partial charge in [0, 0.05) is 17.3 Å². The third kappa shape index (κ3) is 2.07. The molecule has 0 spiro atoms. The van der Waals surface area contributed by atoms with Gasteiger partial charge in [-0.15, -0.1) is 5.10 Å². The maximum Gasteiger partial charge on any atom is 0.176 e. The highest BCUT2D eigenvalue weighted by atomic mass is 35.5. The van der Waals surface area contributed by atoms with Crippen molar-refractivity contribution in [1.29, 1.82) is 0 Å². The monoisotopic (exact) mass is 249 g/mol. The van der Waals surface area contributed by atoms with Crippen LogP contribution in [0.2, 0.25) is 5.15 Å². The fourth-order valence-electron chi connectivity index (χ4n) is 1.94. The van der Waals surface area contributed by atoms with Crippen LogP contribution >= 0.6 is 11.6 Å². The number of aromatic nitrogens is 3. The summed E-state index contributed by atoms with van der Waals surface area (Å²) in [6.45, 7) is 6.33. The second-order valence-electron chi connectivity index (χ2n) is 4.15. The van der Waals surface area contributed by atoms with Gasteiger partial charge in [-0.2, -0.15) is 5.10 Å². The maximum absolute atomic E-state index is 6.13. The molecular weight excluding hydrogens is 234 g/mol. The highest BCUT2D eigenvalue weighted by molar-refractivity contribution is 6.34. The Hall–Kier alpha value is -1.35. The van der Waals surface area contributed by atoms with Crippen LogP contribution in [0.5, 0.6) is 0 Å². The number of halogens is 1. The molecular formula is C13H16ClN3. The summed E-state index contributed by atoms with van der Waals surface area (Å²) in [5.74, 6) is 0. The number of allylic oxidation sites excluding steroid dienone is 1. The first-order valence-electron chi connectivity index (χ1n) is 5.81. The van der Waals surface area contributed by atoms with E-state index < -0.39 is 0 Å². The van der Waals surface area contributed by atoms with E-state index in [9.17, 15) is 0 Å². The zero-order valence-electron chi connectivity index (χ0n) is 10.4. The molecule has 2 rings (SSSR count). The second kappa shape index (κ2) is 4.88. The zero-order valence-corrected chi connectivity index (χ0v) is 11.1. The zero-order chi connectivity index (χ0) is 12.4. The van der Waals surface area contributed by atoms with Crippen LogP contribution in [0.3, 0.4) is 0 Å². The molecule has 0 N–H and O–H groups in total. The molecule has 0 bridgehead atoms. The lowest BCUT2D eigenvalue weighted by atomic mass is 10.2. The maximum atomic E-state index is 6.13. The van der Waals surface area contributed by atoms with Crippen LogP contribution in [-0.4, -0.2) is 14.8 Å². The number of unbranched alkanes of at least 4 members (excludes halogenated alkanes) is 1. The van der Waals surface area contributed by atoms with Crippen molar-refractivity contribution in [3.8, 4) is 0 Å². The highest BCUT2D eigenvalue weighted by Crippen LogP contribution is 2.28. The van der Waals surface area contributed by atoms with E-state index in [0.717, 1.165) is 23.7 Å². The Balaban J connectivity index is 2.65. The Kier molecular flexibility index (Phi) is 3.48. The van der Waals surface area contributed by atoms with Crippen molar-refractivity contribution in [3.63, 3.8) is 0 Å². The van der Waals surface area contributed by atoms with Gasteiger partial charge in [0.2, 0.25) is 0 Å². The molecule has 17 heavy (non-hydrogen) atoms. The van der Waals surface area contributed by atoms with Gasteiger partial charge in [-0.25, -0.2) is 0 Å². The van der Waals surface area contributed by atoms with Crippen LogP contribution in [0.25, 0.3) is 17.1 Å². The average Bonchev–Trinajstić information content (AvgIpc) is 2.56. The summed E-state index contributed by atoms with van der Waals surface area (Å²) in [5.41, 5.74) is 3.34. The molecule has 2 aromatic rings.